The number of anilines is 2. The molecule has 3 rings (SSSR count). The zero-order chi connectivity index (χ0) is 23.5. The van der Waals surface area contributed by atoms with Crippen molar-refractivity contribution in [3.05, 3.63) is 80.8 Å². The predicted octanol–water partition coefficient (Wildman–Crippen LogP) is 6.08. The molecule has 10 heteroatoms. The summed E-state index contributed by atoms with van der Waals surface area (Å²) in [6.45, 7) is 3.54. The van der Waals surface area contributed by atoms with Crippen molar-refractivity contribution in [2.24, 2.45) is 0 Å². The Kier molecular flexibility index (Phi) is 7.56. The Hall–Kier alpha value is -2.45. The highest BCUT2D eigenvalue weighted by atomic mass is 35.5. The second kappa shape index (κ2) is 10.0. The first-order valence-electron chi connectivity index (χ1n) is 9.32. The van der Waals surface area contributed by atoms with Crippen LogP contribution in [0.5, 0.6) is 5.75 Å². The van der Waals surface area contributed by atoms with Gasteiger partial charge in [-0.1, -0.05) is 40.9 Å². The first-order valence-corrected chi connectivity index (χ1v) is 11.9. The quantitative estimate of drug-likeness (QED) is 0.375. The van der Waals surface area contributed by atoms with Crippen LogP contribution in [-0.2, 0) is 14.8 Å². The molecule has 0 aliphatic carbocycles. The summed E-state index contributed by atoms with van der Waals surface area (Å²) in [6, 6.07) is 13.9. The van der Waals surface area contributed by atoms with E-state index in [2.05, 4.69) is 10.0 Å². The van der Waals surface area contributed by atoms with Crippen LogP contribution in [0.3, 0.4) is 0 Å². The largest absolute Gasteiger partial charge is 0.484 e. The number of halogens is 3. The van der Waals surface area contributed by atoms with Gasteiger partial charge in [0, 0.05) is 5.69 Å². The number of carbonyl (C=O) groups is 1. The van der Waals surface area contributed by atoms with E-state index in [9.17, 15) is 13.2 Å². The minimum absolute atomic E-state index is 0.0649. The maximum absolute atomic E-state index is 12.6. The Morgan fingerprint density at radius 2 is 1.53 bits per heavy atom. The van der Waals surface area contributed by atoms with Crippen LogP contribution in [0.25, 0.3) is 0 Å². The molecule has 0 aliphatic rings. The van der Waals surface area contributed by atoms with Crippen LogP contribution in [0.1, 0.15) is 11.1 Å². The summed E-state index contributed by atoms with van der Waals surface area (Å²) in [5, 5.41) is 3.33. The van der Waals surface area contributed by atoms with E-state index in [0.29, 0.717) is 17.1 Å². The molecule has 0 aromatic heterocycles. The van der Waals surface area contributed by atoms with Gasteiger partial charge in [0.25, 0.3) is 15.9 Å². The van der Waals surface area contributed by atoms with E-state index >= 15 is 0 Å². The maximum Gasteiger partial charge on any atom is 0.262 e. The average Bonchev–Trinajstić information content (AvgIpc) is 2.73. The van der Waals surface area contributed by atoms with E-state index in [-0.39, 0.29) is 26.6 Å². The number of rotatable bonds is 7. The molecule has 0 aliphatic heterocycles. The van der Waals surface area contributed by atoms with Crippen molar-refractivity contribution >= 4 is 62.1 Å². The topological polar surface area (TPSA) is 84.5 Å². The van der Waals surface area contributed by atoms with E-state index < -0.39 is 15.9 Å². The lowest BCUT2D eigenvalue weighted by Crippen LogP contribution is -2.20. The van der Waals surface area contributed by atoms with Gasteiger partial charge in [-0.2, -0.15) is 0 Å². The second-order valence-electron chi connectivity index (χ2n) is 6.96. The van der Waals surface area contributed by atoms with Crippen molar-refractivity contribution in [3.63, 3.8) is 0 Å². The maximum atomic E-state index is 12.6. The van der Waals surface area contributed by atoms with Crippen molar-refractivity contribution in [1.82, 2.24) is 0 Å². The monoisotopic (exact) mass is 512 g/mol. The summed E-state index contributed by atoms with van der Waals surface area (Å²) in [6.07, 6.45) is 0. The van der Waals surface area contributed by atoms with Gasteiger partial charge in [0.15, 0.2) is 6.61 Å². The smallest absolute Gasteiger partial charge is 0.262 e. The Bertz CT molecular complexity index is 1260. The van der Waals surface area contributed by atoms with Gasteiger partial charge in [-0.15, -0.1) is 0 Å². The van der Waals surface area contributed by atoms with Crippen LogP contribution >= 0.6 is 34.8 Å². The summed E-state index contributed by atoms with van der Waals surface area (Å²) in [5.74, 6) is -0.149. The molecule has 0 saturated carbocycles. The van der Waals surface area contributed by atoms with Gasteiger partial charge in [-0.25, -0.2) is 8.42 Å². The summed E-state index contributed by atoms with van der Waals surface area (Å²) >= 11 is 17.8. The van der Waals surface area contributed by atoms with E-state index in [1.54, 1.807) is 12.1 Å². The molecule has 32 heavy (non-hydrogen) atoms. The molecular weight excluding hydrogens is 495 g/mol. The molecule has 0 spiro atoms. The highest BCUT2D eigenvalue weighted by molar-refractivity contribution is 7.92. The fraction of sp³-hybridized carbons (Fsp3) is 0.136. The molecule has 0 atom stereocenters. The third-order valence-corrected chi connectivity index (χ3v) is 6.98. The minimum Gasteiger partial charge on any atom is -0.484 e. The molecule has 2 N–H and O–H groups in total. The molecular formula is C22H19Cl3N2O4S. The Morgan fingerprint density at radius 1 is 0.875 bits per heavy atom. The van der Waals surface area contributed by atoms with Gasteiger partial charge in [-0.05, 0) is 73.5 Å². The Morgan fingerprint density at radius 3 is 2.19 bits per heavy atom. The number of sulfonamides is 1. The Balaban J connectivity index is 1.61. The highest BCUT2D eigenvalue weighted by Gasteiger charge is 2.15. The summed E-state index contributed by atoms with van der Waals surface area (Å²) in [4.78, 5) is 12.2. The number of benzene rings is 3. The highest BCUT2D eigenvalue weighted by Crippen LogP contribution is 2.32. The molecule has 0 bridgehead atoms. The zero-order valence-corrected chi connectivity index (χ0v) is 20.2. The standard InChI is InChI=1S/C22H19Cl3N2O4S/c1-13-3-4-15(9-14(13)2)27-32(29,30)17-7-5-16(6-8-17)31-12-22(28)26-21-11-19(24)18(23)10-20(21)25/h3-11,27H,12H2,1-2H3,(H,26,28). The zero-order valence-electron chi connectivity index (χ0n) is 17.1. The third kappa shape index (κ3) is 6.07. The number of aryl methyl sites for hydroxylation is 2. The van der Waals surface area contributed by atoms with Crippen LogP contribution < -0.4 is 14.8 Å². The molecule has 0 fully saturated rings. The van der Waals surface area contributed by atoms with Gasteiger partial charge in [0.2, 0.25) is 0 Å². The fourth-order valence-electron chi connectivity index (χ4n) is 2.69. The lowest BCUT2D eigenvalue weighted by atomic mass is 10.1. The molecule has 3 aromatic rings. The number of hydrogen-bond acceptors (Lipinski definition) is 4. The molecule has 0 saturated heterocycles. The lowest BCUT2D eigenvalue weighted by molar-refractivity contribution is -0.118. The number of ether oxygens (including phenoxy) is 1. The SMILES string of the molecule is Cc1ccc(NS(=O)(=O)c2ccc(OCC(=O)Nc3cc(Cl)c(Cl)cc3Cl)cc2)cc1C. The van der Waals surface area contributed by atoms with E-state index in [1.165, 1.54) is 36.4 Å². The average molecular weight is 514 g/mol. The number of nitrogens with one attached hydrogen (secondary N) is 2. The number of carbonyl (C=O) groups excluding carboxylic acids is 1. The number of amides is 1. The summed E-state index contributed by atoms with van der Waals surface area (Å²) < 4.78 is 33.2. The predicted molar refractivity (Wildman–Crippen MR) is 129 cm³/mol. The normalized spacial score (nSPS) is 11.2. The van der Waals surface area contributed by atoms with Crippen molar-refractivity contribution in [2.45, 2.75) is 18.7 Å². The van der Waals surface area contributed by atoms with Crippen LogP contribution in [0, 0.1) is 13.8 Å². The van der Waals surface area contributed by atoms with Gasteiger partial charge < -0.3 is 10.1 Å². The van der Waals surface area contributed by atoms with Crippen LogP contribution in [0.15, 0.2) is 59.5 Å². The molecule has 168 valence electrons. The summed E-state index contributed by atoms with van der Waals surface area (Å²) in [5.41, 5.74) is 2.83. The van der Waals surface area contributed by atoms with Gasteiger partial charge in [0.1, 0.15) is 5.75 Å². The molecule has 1 amide bonds. The van der Waals surface area contributed by atoms with Gasteiger partial charge >= 0.3 is 0 Å². The van der Waals surface area contributed by atoms with Crippen molar-refractivity contribution in [1.29, 1.82) is 0 Å². The number of hydrogen-bond donors (Lipinski definition) is 2. The molecule has 0 heterocycles. The van der Waals surface area contributed by atoms with E-state index in [4.69, 9.17) is 39.5 Å². The van der Waals surface area contributed by atoms with Crippen molar-refractivity contribution < 1.29 is 17.9 Å². The van der Waals surface area contributed by atoms with Gasteiger partial charge in [0.05, 0.1) is 25.7 Å². The van der Waals surface area contributed by atoms with Crippen molar-refractivity contribution in [3.8, 4) is 5.75 Å². The van der Waals surface area contributed by atoms with Crippen LogP contribution in [0.4, 0.5) is 11.4 Å². The van der Waals surface area contributed by atoms with Crippen molar-refractivity contribution in [2.75, 3.05) is 16.6 Å². The van der Waals surface area contributed by atoms with E-state index in [0.717, 1.165) is 11.1 Å². The fourth-order valence-corrected chi connectivity index (χ4v) is 4.33. The summed E-state index contributed by atoms with van der Waals surface area (Å²) in [7, 11) is -3.77. The first-order chi connectivity index (χ1) is 15.0. The lowest BCUT2D eigenvalue weighted by Gasteiger charge is -2.11. The van der Waals surface area contributed by atoms with Gasteiger partial charge in [-0.3, -0.25) is 9.52 Å². The third-order valence-electron chi connectivity index (χ3n) is 4.55. The molecule has 6 nitrogen and oxygen atoms in total. The first kappa shape index (κ1) is 24.2. The Labute approximate surface area is 201 Å². The van der Waals surface area contributed by atoms with E-state index in [1.807, 2.05) is 19.9 Å². The molecule has 0 radical (unpaired) electrons. The minimum atomic E-state index is -3.77. The molecule has 0 unspecified atom stereocenters. The second-order valence-corrected chi connectivity index (χ2v) is 9.86. The van der Waals surface area contributed by atoms with Crippen LogP contribution in [0.2, 0.25) is 15.1 Å². The molecule has 3 aromatic carbocycles. The van der Waals surface area contributed by atoms with Crippen LogP contribution in [-0.4, -0.2) is 20.9 Å².